The van der Waals surface area contributed by atoms with Crippen molar-refractivity contribution in [2.24, 2.45) is 5.41 Å². The molecule has 1 saturated heterocycles. The fourth-order valence-electron chi connectivity index (χ4n) is 1.38. The Hall–Kier alpha value is -0.500. The lowest BCUT2D eigenvalue weighted by atomic mass is 9.86. The van der Waals surface area contributed by atoms with Crippen molar-refractivity contribution in [1.82, 2.24) is 0 Å². The maximum Gasteiger partial charge on any atom is 0.0951 e. The molecule has 0 amide bonds. The van der Waals surface area contributed by atoms with Crippen molar-refractivity contribution in [2.45, 2.75) is 19.8 Å². The van der Waals surface area contributed by atoms with Gasteiger partial charge in [0.1, 0.15) is 0 Å². The van der Waals surface area contributed by atoms with Crippen molar-refractivity contribution >= 4 is 0 Å². The molecule has 1 aliphatic rings. The summed E-state index contributed by atoms with van der Waals surface area (Å²) in [5.41, 5.74) is 0.272. The van der Waals surface area contributed by atoms with E-state index in [1.807, 2.05) is 0 Å². The van der Waals surface area contributed by atoms with Crippen LogP contribution in [-0.4, -0.2) is 19.8 Å². The van der Waals surface area contributed by atoms with E-state index >= 15 is 0 Å². The summed E-state index contributed by atoms with van der Waals surface area (Å²) in [5, 5.41) is 0. The number of hydrogen-bond acceptors (Lipinski definition) is 2. The molecule has 64 valence electrons. The van der Waals surface area contributed by atoms with Crippen LogP contribution in [0.3, 0.4) is 0 Å². The van der Waals surface area contributed by atoms with Crippen molar-refractivity contribution in [2.75, 3.05) is 19.8 Å². The molecule has 0 aromatic heterocycles. The molecule has 0 aliphatic carbocycles. The van der Waals surface area contributed by atoms with Crippen LogP contribution in [0.4, 0.5) is 0 Å². The average Bonchev–Trinajstić information content (AvgIpc) is 2.50. The lowest BCUT2D eigenvalue weighted by molar-refractivity contribution is 0.0802. The molecule has 0 saturated carbocycles. The highest BCUT2D eigenvalue weighted by atomic mass is 16.5. The van der Waals surface area contributed by atoms with Crippen LogP contribution in [0, 0.1) is 5.41 Å². The molecule has 0 radical (unpaired) electrons. The molecule has 1 atom stereocenters. The fraction of sp³-hybridized carbons (Fsp3) is 0.778. The second-order valence-corrected chi connectivity index (χ2v) is 3.13. The summed E-state index contributed by atoms with van der Waals surface area (Å²) < 4.78 is 10.5. The van der Waals surface area contributed by atoms with E-state index in [0.29, 0.717) is 0 Å². The molecule has 2 nitrogen and oxygen atoms in total. The molecule has 1 rings (SSSR count). The smallest absolute Gasteiger partial charge is 0.0951 e. The van der Waals surface area contributed by atoms with Crippen LogP contribution in [0.1, 0.15) is 19.8 Å². The van der Waals surface area contributed by atoms with Crippen LogP contribution in [0.5, 0.6) is 0 Å². The lowest BCUT2D eigenvalue weighted by Gasteiger charge is -2.24. The summed E-state index contributed by atoms with van der Waals surface area (Å²) in [6, 6.07) is 0. The second kappa shape index (κ2) is 3.77. The Kier molecular flexibility index (Phi) is 2.94. The zero-order valence-corrected chi connectivity index (χ0v) is 7.14. The van der Waals surface area contributed by atoms with E-state index in [1.54, 1.807) is 0 Å². The maximum absolute atomic E-state index is 5.33. The number of hydrogen-bond donors (Lipinski definition) is 0. The molecule has 0 N–H and O–H groups in total. The normalized spacial score (nSPS) is 30.3. The standard InChI is InChI=1S/C9H16O2/c1-3-9(7-10-4-2)5-6-11-8-9/h4H,2-3,5-8H2,1H3. The molecule has 1 unspecified atom stereocenters. The highest BCUT2D eigenvalue weighted by Crippen LogP contribution is 2.32. The van der Waals surface area contributed by atoms with Crippen LogP contribution in [-0.2, 0) is 9.47 Å². The van der Waals surface area contributed by atoms with Crippen LogP contribution in [0.25, 0.3) is 0 Å². The summed E-state index contributed by atoms with van der Waals surface area (Å²) in [4.78, 5) is 0. The Labute approximate surface area is 68.2 Å². The van der Waals surface area contributed by atoms with Crippen molar-refractivity contribution in [1.29, 1.82) is 0 Å². The zero-order chi connectivity index (χ0) is 8.16. The number of ether oxygens (including phenoxy) is 2. The minimum absolute atomic E-state index is 0.272. The minimum Gasteiger partial charge on any atom is -0.501 e. The largest absolute Gasteiger partial charge is 0.501 e. The highest BCUT2D eigenvalue weighted by molar-refractivity contribution is 4.82. The first-order valence-corrected chi connectivity index (χ1v) is 4.13. The van der Waals surface area contributed by atoms with E-state index in [2.05, 4.69) is 13.5 Å². The van der Waals surface area contributed by atoms with Crippen molar-refractivity contribution in [3.63, 3.8) is 0 Å². The van der Waals surface area contributed by atoms with Crippen molar-refractivity contribution < 1.29 is 9.47 Å². The Morgan fingerprint density at radius 1 is 1.73 bits per heavy atom. The van der Waals surface area contributed by atoms with Gasteiger partial charge in [-0.1, -0.05) is 13.5 Å². The molecule has 1 aliphatic heterocycles. The van der Waals surface area contributed by atoms with Gasteiger partial charge in [-0.3, -0.25) is 0 Å². The molecule has 2 heteroatoms. The molecule has 0 aromatic rings. The van der Waals surface area contributed by atoms with Gasteiger partial charge in [0.2, 0.25) is 0 Å². The number of rotatable bonds is 4. The molecule has 11 heavy (non-hydrogen) atoms. The second-order valence-electron chi connectivity index (χ2n) is 3.13. The minimum atomic E-state index is 0.272. The molecule has 0 spiro atoms. The van der Waals surface area contributed by atoms with Gasteiger partial charge < -0.3 is 9.47 Å². The van der Waals surface area contributed by atoms with E-state index in [4.69, 9.17) is 9.47 Å². The first-order chi connectivity index (χ1) is 5.33. The van der Waals surface area contributed by atoms with Gasteiger partial charge in [0, 0.05) is 12.0 Å². The van der Waals surface area contributed by atoms with E-state index in [9.17, 15) is 0 Å². The molecular formula is C9H16O2. The van der Waals surface area contributed by atoms with Gasteiger partial charge in [-0.05, 0) is 12.8 Å². The summed E-state index contributed by atoms with van der Waals surface area (Å²) in [7, 11) is 0. The zero-order valence-electron chi connectivity index (χ0n) is 7.14. The van der Waals surface area contributed by atoms with E-state index < -0.39 is 0 Å². The molecule has 1 fully saturated rings. The molecule has 1 heterocycles. The van der Waals surface area contributed by atoms with Crippen LogP contribution in [0.15, 0.2) is 12.8 Å². The van der Waals surface area contributed by atoms with Crippen molar-refractivity contribution in [3.05, 3.63) is 12.8 Å². The van der Waals surface area contributed by atoms with Crippen LogP contribution < -0.4 is 0 Å². The lowest BCUT2D eigenvalue weighted by Crippen LogP contribution is -2.25. The SMILES string of the molecule is C=COCC1(CC)CCOC1. The van der Waals surface area contributed by atoms with Gasteiger partial charge >= 0.3 is 0 Å². The summed E-state index contributed by atoms with van der Waals surface area (Å²) >= 11 is 0. The van der Waals surface area contributed by atoms with Crippen LogP contribution >= 0.6 is 0 Å². The van der Waals surface area contributed by atoms with Crippen LogP contribution in [0.2, 0.25) is 0 Å². The topological polar surface area (TPSA) is 18.5 Å². The van der Waals surface area contributed by atoms with E-state index in [-0.39, 0.29) is 5.41 Å². The van der Waals surface area contributed by atoms with Gasteiger partial charge in [-0.2, -0.15) is 0 Å². The summed E-state index contributed by atoms with van der Waals surface area (Å²) in [6.07, 6.45) is 3.76. The Balaban J connectivity index is 2.38. The van der Waals surface area contributed by atoms with Crippen molar-refractivity contribution in [3.8, 4) is 0 Å². The molecule has 0 bridgehead atoms. The fourth-order valence-corrected chi connectivity index (χ4v) is 1.38. The third kappa shape index (κ3) is 1.96. The van der Waals surface area contributed by atoms with E-state index in [1.165, 1.54) is 6.26 Å². The van der Waals surface area contributed by atoms with Gasteiger partial charge in [-0.25, -0.2) is 0 Å². The average molecular weight is 156 g/mol. The van der Waals surface area contributed by atoms with Gasteiger partial charge in [-0.15, -0.1) is 0 Å². The monoisotopic (exact) mass is 156 g/mol. The predicted octanol–water partition coefficient (Wildman–Crippen LogP) is 1.96. The summed E-state index contributed by atoms with van der Waals surface area (Å²) in [6.45, 7) is 8.19. The Morgan fingerprint density at radius 3 is 3.00 bits per heavy atom. The first kappa shape index (κ1) is 8.60. The third-order valence-corrected chi connectivity index (χ3v) is 2.44. The first-order valence-electron chi connectivity index (χ1n) is 4.13. The summed E-state index contributed by atoms with van der Waals surface area (Å²) in [5.74, 6) is 0. The molecular weight excluding hydrogens is 140 g/mol. The third-order valence-electron chi connectivity index (χ3n) is 2.44. The molecule has 0 aromatic carbocycles. The van der Waals surface area contributed by atoms with Gasteiger partial charge in [0.15, 0.2) is 0 Å². The Bertz CT molecular complexity index is 126. The van der Waals surface area contributed by atoms with Gasteiger partial charge in [0.25, 0.3) is 0 Å². The highest BCUT2D eigenvalue weighted by Gasteiger charge is 2.33. The quantitative estimate of drug-likeness (QED) is 0.579. The predicted molar refractivity (Wildman–Crippen MR) is 44.3 cm³/mol. The Morgan fingerprint density at radius 2 is 2.55 bits per heavy atom. The van der Waals surface area contributed by atoms with Gasteiger partial charge in [0.05, 0.1) is 19.5 Å². The van der Waals surface area contributed by atoms with E-state index in [0.717, 1.165) is 32.7 Å². The maximum atomic E-state index is 5.33.